The molecule has 31 heavy (non-hydrogen) atoms. The van der Waals surface area contributed by atoms with Crippen LogP contribution in [0.5, 0.6) is 0 Å². The number of ketones is 1. The molecule has 5 fully saturated rings. The van der Waals surface area contributed by atoms with Crippen molar-refractivity contribution < 1.29 is 15.0 Å². The number of hydrogen-bond acceptors (Lipinski definition) is 4. The van der Waals surface area contributed by atoms with Crippen LogP contribution in [-0.2, 0) is 4.79 Å². The highest BCUT2D eigenvalue weighted by Gasteiger charge is 2.56. The van der Waals surface area contributed by atoms with Crippen LogP contribution in [0.1, 0.15) is 85.5 Å². The van der Waals surface area contributed by atoms with Crippen molar-refractivity contribution >= 4 is 5.78 Å². The summed E-state index contributed by atoms with van der Waals surface area (Å²) in [6.45, 7) is 9.44. The van der Waals surface area contributed by atoms with E-state index in [1.807, 2.05) is 0 Å². The van der Waals surface area contributed by atoms with Crippen LogP contribution in [0.2, 0.25) is 0 Å². The highest BCUT2D eigenvalue weighted by atomic mass is 16.3. The molecular weight excluding hydrogens is 386 g/mol. The Labute approximate surface area is 188 Å². The normalized spacial score (nSPS) is 57.5. The van der Waals surface area contributed by atoms with Crippen LogP contribution in [-0.4, -0.2) is 40.3 Å². The molecule has 13 unspecified atom stereocenters. The second-order valence-corrected chi connectivity index (χ2v) is 12.7. The van der Waals surface area contributed by atoms with Gasteiger partial charge in [-0.2, -0.15) is 0 Å². The van der Waals surface area contributed by atoms with Gasteiger partial charge in [0, 0.05) is 12.0 Å². The molecule has 0 spiro atoms. The van der Waals surface area contributed by atoms with E-state index in [9.17, 15) is 15.0 Å². The number of hydrogen-bond donors (Lipinski definition) is 3. The minimum atomic E-state index is -0.301. The summed E-state index contributed by atoms with van der Waals surface area (Å²) in [7, 11) is 0. The second-order valence-electron chi connectivity index (χ2n) is 12.7. The summed E-state index contributed by atoms with van der Waals surface area (Å²) in [4.78, 5) is 13.6. The molecule has 4 aliphatic carbocycles. The van der Waals surface area contributed by atoms with E-state index in [-0.39, 0.29) is 35.5 Å². The van der Waals surface area contributed by atoms with Crippen molar-refractivity contribution in [2.45, 2.75) is 110 Å². The van der Waals surface area contributed by atoms with Gasteiger partial charge in [-0.15, -0.1) is 0 Å². The fourth-order valence-electron chi connectivity index (χ4n) is 9.34. The molecule has 4 heteroatoms. The van der Waals surface area contributed by atoms with Crippen molar-refractivity contribution in [3.8, 4) is 0 Å². The highest BCUT2D eigenvalue weighted by Crippen LogP contribution is 2.59. The zero-order chi connectivity index (χ0) is 22.1. The molecule has 0 aromatic carbocycles. The lowest BCUT2D eigenvalue weighted by Gasteiger charge is -2.58. The number of aliphatic hydroxyl groups is 2. The van der Waals surface area contributed by atoms with E-state index in [1.54, 1.807) is 0 Å². The average molecular weight is 432 g/mol. The summed E-state index contributed by atoms with van der Waals surface area (Å²) in [6.07, 6.45) is 8.83. The van der Waals surface area contributed by atoms with Gasteiger partial charge in [-0.05, 0) is 112 Å². The van der Waals surface area contributed by atoms with Crippen molar-refractivity contribution in [2.24, 2.45) is 52.8 Å². The number of rotatable bonds is 1. The number of fused-ring (bicyclic) bond motifs is 3. The maximum Gasteiger partial charge on any atom is 0.153 e. The lowest BCUT2D eigenvalue weighted by Crippen LogP contribution is -2.61. The molecule has 0 aromatic rings. The van der Waals surface area contributed by atoms with Gasteiger partial charge in [0.2, 0.25) is 0 Å². The van der Waals surface area contributed by atoms with Crippen molar-refractivity contribution in [3.63, 3.8) is 0 Å². The average Bonchev–Trinajstić information content (AvgIpc) is 2.75. The topological polar surface area (TPSA) is 69.6 Å². The SMILES string of the molecule is CC1CCC2C(N1)C(=O)C1CC(C3CC(O)C4CC(O)CCC4(C)C3C)CCC1C2C. The zero-order valence-corrected chi connectivity index (χ0v) is 20.1. The number of piperidine rings is 1. The molecule has 5 rings (SSSR count). The fourth-order valence-corrected chi connectivity index (χ4v) is 9.34. The predicted molar refractivity (Wildman–Crippen MR) is 122 cm³/mol. The van der Waals surface area contributed by atoms with E-state index in [0.29, 0.717) is 47.3 Å². The molecule has 0 bridgehead atoms. The first-order chi connectivity index (χ1) is 14.7. The van der Waals surface area contributed by atoms with Gasteiger partial charge in [0.1, 0.15) is 0 Å². The van der Waals surface area contributed by atoms with Gasteiger partial charge in [-0.3, -0.25) is 4.79 Å². The number of Topliss-reactive ketones (excluding diaryl/α,β-unsaturated/α-hetero) is 1. The third-order valence-electron chi connectivity index (χ3n) is 11.4. The minimum absolute atomic E-state index is 0.0786. The summed E-state index contributed by atoms with van der Waals surface area (Å²) < 4.78 is 0. The van der Waals surface area contributed by atoms with Crippen molar-refractivity contribution in [2.75, 3.05) is 0 Å². The first-order valence-electron chi connectivity index (χ1n) is 13.4. The van der Waals surface area contributed by atoms with E-state index < -0.39 is 0 Å². The Hall–Kier alpha value is -0.450. The summed E-state index contributed by atoms with van der Waals surface area (Å²) in [5.41, 5.74) is 0.119. The van der Waals surface area contributed by atoms with Gasteiger partial charge in [0.15, 0.2) is 5.78 Å². The third kappa shape index (κ3) is 3.54. The molecule has 0 aromatic heterocycles. The molecule has 176 valence electrons. The van der Waals surface area contributed by atoms with Crippen LogP contribution < -0.4 is 5.32 Å². The Morgan fingerprint density at radius 2 is 1.65 bits per heavy atom. The lowest BCUT2D eigenvalue weighted by atomic mass is 9.48. The number of carbonyl (C=O) groups excluding carboxylic acids is 1. The molecule has 3 N–H and O–H groups in total. The number of carbonyl (C=O) groups is 1. The minimum Gasteiger partial charge on any atom is -0.393 e. The Morgan fingerprint density at radius 3 is 2.42 bits per heavy atom. The second kappa shape index (κ2) is 8.09. The molecule has 5 aliphatic rings. The van der Waals surface area contributed by atoms with E-state index >= 15 is 0 Å². The highest BCUT2D eigenvalue weighted by molar-refractivity contribution is 5.88. The number of nitrogens with one attached hydrogen (secondary N) is 1. The third-order valence-corrected chi connectivity index (χ3v) is 11.4. The van der Waals surface area contributed by atoms with Crippen LogP contribution in [0, 0.1) is 52.8 Å². The van der Waals surface area contributed by atoms with E-state index in [0.717, 1.165) is 32.1 Å². The van der Waals surface area contributed by atoms with Gasteiger partial charge in [-0.25, -0.2) is 0 Å². The number of aliphatic hydroxyl groups excluding tert-OH is 2. The molecule has 1 heterocycles. The van der Waals surface area contributed by atoms with E-state index in [4.69, 9.17) is 0 Å². The largest absolute Gasteiger partial charge is 0.393 e. The van der Waals surface area contributed by atoms with E-state index in [2.05, 4.69) is 33.0 Å². The summed E-state index contributed by atoms with van der Waals surface area (Å²) >= 11 is 0. The monoisotopic (exact) mass is 431 g/mol. The first kappa shape index (κ1) is 22.3. The molecule has 1 saturated heterocycles. The van der Waals surface area contributed by atoms with Crippen molar-refractivity contribution in [3.05, 3.63) is 0 Å². The Morgan fingerprint density at radius 1 is 0.903 bits per heavy atom. The van der Waals surface area contributed by atoms with Crippen LogP contribution in [0.4, 0.5) is 0 Å². The van der Waals surface area contributed by atoms with Crippen LogP contribution in [0.25, 0.3) is 0 Å². The molecule has 4 saturated carbocycles. The van der Waals surface area contributed by atoms with Gasteiger partial charge >= 0.3 is 0 Å². The zero-order valence-electron chi connectivity index (χ0n) is 20.1. The quantitative estimate of drug-likeness (QED) is 0.583. The van der Waals surface area contributed by atoms with Crippen molar-refractivity contribution in [1.82, 2.24) is 5.32 Å². The maximum atomic E-state index is 13.6. The molecule has 0 amide bonds. The maximum absolute atomic E-state index is 13.6. The van der Waals surface area contributed by atoms with Gasteiger partial charge in [0.25, 0.3) is 0 Å². The van der Waals surface area contributed by atoms with Crippen LogP contribution in [0.15, 0.2) is 0 Å². The van der Waals surface area contributed by atoms with Gasteiger partial charge in [-0.1, -0.05) is 20.8 Å². The standard InChI is InChI=1S/C27H45NO3/c1-14-5-7-20-15(2)19-8-6-17(11-22(19)26(31)25(20)28-14)21-13-24(30)23-12-18(29)9-10-27(23,4)16(21)3/h14-25,28-30H,5-13H2,1-4H3. The Kier molecular flexibility index (Phi) is 5.84. The molecule has 0 radical (unpaired) electrons. The molecule has 1 aliphatic heterocycles. The Balaban J connectivity index is 1.34. The Bertz CT molecular complexity index is 696. The van der Waals surface area contributed by atoms with Crippen LogP contribution in [0.3, 0.4) is 0 Å². The predicted octanol–water partition coefficient (Wildman–Crippen LogP) is 4.18. The smallest absolute Gasteiger partial charge is 0.153 e. The summed E-state index contributed by atoms with van der Waals surface area (Å²) in [6, 6.07) is 0.537. The molecular formula is C27H45NO3. The fraction of sp³-hybridized carbons (Fsp3) is 0.963. The first-order valence-corrected chi connectivity index (χ1v) is 13.4. The van der Waals surface area contributed by atoms with Gasteiger partial charge in [0.05, 0.1) is 18.2 Å². The molecule has 13 atom stereocenters. The summed E-state index contributed by atoms with van der Waals surface area (Å²) in [5.74, 6) is 4.31. The molecule has 4 nitrogen and oxygen atoms in total. The lowest BCUT2D eigenvalue weighted by molar-refractivity contribution is -0.151. The van der Waals surface area contributed by atoms with Crippen LogP contribution >= 0.6 is 0 Å². The van der Waals surface area contributed by atoms with E-state index in [1.165, 1.54) is 25.7 Å². The summed E-state index contributed by atoms with van der Waals surface area (Å²) in [5, 5.41) is 25.0. The van der Waals surface area contributed by atoms with Crippen molar-refractivity contribution in [1.29, 1.82) is 0 Å². The van der Waals surface area contributed by atoms with Gasteiger partial charge < -0.3 is 15.5 Å².